The smallest absolute Gasteiger partial charge is 0.416 e. The van der Waals surface area contributed by atoms with Crippen LogP contribution in [0.2, 0.25) is 0 Å². The zero-order chi connectivity index (χ0) is 23.7. The Balaban J connectivity index is 2.14. The number of unbranched alkanes of at least 4 members (excludes halogenated alkanes) is 2. The number of Topliss-reactive ketones (excluding diaryl/α,β-unsaturated/α-hetero) is 1. The summed E-state index contributed by atoms with van der Waals surface area (Å²) < 4.78 is 47.2. The lowest BCUT2D eigenvalue weighted by Gasteiger charge is -2.40. The summed E-state index contributed by atoms with van der Waals surface area (Å²) in [5.74, 6) is -2.04. The van der Waals surface area contributed by atoms with Crippen LogP contribution in [-0.2, 0) is 20.5 Å². The molecule has 1 aromatic carbocycles. The minimum atomic E-state index is -4.62. The number of hydrogen-bond acceptors (Lipinski definition) is 4. The highest BCUT2D eigenvalue weighted by atomic mass is 19.4. The van der Waals surface area contributed by atoms with E-state index in [1.54, 1.807) is 6.92 Å². The molecule has 3 rings (SSSR count). The molecule has 0 aromatic heterocycles. The maximum Gasteiger partial charge on any atom is 0.416 e. The fourth-order valence-electron chi connectivity index (χ4n) is 4.62. The molecule has 32 heavy (non-hydrogen) atoms. The number of rotatable bonds is 6. The van der Waals surface area contributed by atoms with E-state index in [1.165, 1.54) is 18.2 Å². The zero-order valence-corrected chi connectivity index (χ0v) is 19.0. The molecule has 1 aliphatic carbocycles. The van der Waals surface area contributed by atoms with Gasteiger partial charge in [0.15, 0.2) is 5.78 Å². The van der Waals surface area contributed by atoms with E-state index < -0.39 is 23.6 Å². The summed E-state index contributed by atoms with van der Waals surface area (Å²) in [5, 5.41) is 3.15. The molecule has 1 N–H and O–H groups in total. The van der Waals surface area contributed by atoms with Crippen LogP contribution in [0, 0.1) is 5.41 Å². The highest BCUT2D eigenvalue weighted by molar-refractivity contribution is 6.04. The summed E-state index contributed by atoms with van der Waals surface area (Å²) in [6, 6.07) is 5.17. The number of dihydropyridines is 1. The van der Waals surface area contributed by atoms with Crippen molar-refractivity contribution in [2.24, 2.45) is 5.41 Å². The quantitative estimate of drug-likeness (QED) is 0.425. The molecule has 0 saturated carbocycles. The molecule has 174 valence electrons. The summed E-state index contributed by atoms with van der Waals surface area (Å²) in [6.07, 6.45) is -1.41. The van der Waals surface area contributed by atoms with Crippen LogP contribution in [0.25, 0.3) is 0 Å². The van der Waals surface area contributed by atoms with Gasteiger partial charge in [0.25, 0.3) is 0 Å². The Morgan fingerprint density at radius 2 is 1.88 bits per heavy atom. The minimum absolute atomic E-state index is 0.0741. The second kappa shape index (κ2) is 9.12. The van der Waals surface area contributed by atoms with Crippen molar-refractivity contribution < 1.29 is 27.5 Å². The number of esters is 1. The summed E-state index contributed by atoms with van der Waals surface area (Å²) in [6.45, 7) is 7.76. The van der Waals surface area contributed by atoms with Crippen LogP contribution in [0.1, 0.15) is 76.8 Å². The van der Waals surface area contributed by atoms with Crippen molar-refractivity contribution in [2.45, 2.75) is 71.9 Å². The fraction of sp³-hybridized carbons (Fsp3) is 0.520. The van der Waals surface area contributed by atoms with Gasteiger partial charge in [-0.1, -0.05) is 51.8 Å². The Kier molecular flexibility index (Phi) is 6.86. The van der Waals surface area contributed by atoms with Gasteiger partial charge in [0.2, 0.25) is 0 Å². The second-order valence-corrected chi connectivity index (χ2v) is 9.36. The predicted molar refractivity (Wildman–Crippen MR) is 116 cm³/mol. The molecule has 4 nitrogen and oxygen atoms in total. The van der Waals surface area contributed by atoms with E-state index in [0.717, 1.165) is 18.9 Å². The van der Waals surface area contributed by atoms with Gasteiger partial charge in [-0.2, -0.15) is 13.2 Å². The van der Waals surface area contributed by atoms with E-state index in [9.17, 15) is 22.8 Å². The van der Waals surface area contributed by atoms with E-state index in [0.29, 0.717) is 24.2 Å². The van der Waals surface area contributed by atoms with Crippen LogP contribution >= 0.6 is 0 Å². The first-order valence-corrected chi connectivity index (χ1v) is 11.0. The number of carbonyl (C=O) groups excluding carboxylic acids is 2. The van der Waals surface area contributed by atoms with E-state index in [2.05, 4.69) is 5.32 Å². The van der Waals surface area contributed by atoms with Crippen LogP contribution in [-0.4, -0.2) is 18.4 Å². The molecule has 0 amide bonds. The van der Waals surface area contributed by atoms with Crippen LogP contribution in [0.4, 0.5) is 13.2 Å². The van der Waals surface area contributed by atoms with E-state index in [-0.39, 0.29) is 40.9 Å². The first kappa shape index (κ1) is 24.1. The molecule has 0 fully saturated rings. The third kappa shape index (κ3) is 4.92. The molecule has 0 radical (unpaired) electrons. The van der Waals surface area contributed by atoms with Gasteiger partial charge < -0.3 is 10.1 Å². The van der Waals surface area contributed by atoms with Gasteiger partial charge in [0.1, 0.15) is 0 Å². The van der Waals surface area contributed by atoms with Gasteiger partial charge in [-0.3, -0.25) is 4.79 Å². The molecule has 1 unspecified atom stereocenters. The lowest BCUT2D eigenvalue weighted by atomic mass is 9.68. The molecule has 0 bridgehead atoms. The topological polar surface area (TPSA) is 55.4 Å². The molecular weight excluding hydrogens is 419 g/mol. The molecular formula is C25H30F3NO3. The van der Waals surface area contributed by atoms with Crippen molar-refractivity contribution in [2.75, 3.05) is 6.61 Å². The highest BCUT2D eigenvalue weighted by Gasteiger charge is 2.46. The number of nitrogens with one attached hydrogen (secondary N) is 1. The fourth-order valence-corrected chi connectivity index (χ4v) is 4.62. The van der Waals surface area contributed by atoms with Gasteiger partial charge in [-0.05, 0) is 36.8 Å². The number of hydrogen-bond donors (Lipinski definition) is 1. The first-order chi connectivity index (χ1) is 15.0. The third-order valence-corrected chi connectivity index (χ3v) is 6.02. The normalized spacial score (nSPS) is 20.7. The Hall–Kier alpha value is -2.57. The van der Waals surface area contributed by atoms with E-state index in [4.69, 9.17) is 4.74 Å². The lowest BCUT2D eigenvalue weighted by molar-refractivity contribution is -0.141. The predicted octanol–water partition coefficient (Wildman–Crippen LogP) is 6.04. The number of ketones is 1. The van der Waals surface area contributed by atoms with Crippen molar-refractivity contribution in [1.29, 1.82) is 0 Å². The Morgan fingerprint density at radius 1 is 1.19 bits per heavy atom. The van der Waals surface area contributed by atoms with Gasteiger partial charge in [0.05, 0.1) is 17.7 Å². The average molecular weight is 450 g/mol. The van der Waals surface area contributed by atoms with Crippen molar-refractivity contribution in [3.05, 3.63) is 57.9 Å². The van der Waals surface area contributed by atoms with Crippen molar-refractivity contribution in [1.82, 2.24) is 5.32 Å². The summed E-state index contributed by atoms with van der Waals surface area (Å²) in [7, 11) is 0. The van der Waals surface area contributed by atoms with Gasteiger partial charge in [-0.25, -0.2) is 4.79 Å². The highest BCUT2D eigenvalue weighted by Crippen LogP contribution is 2.49. The molecule has 1 atom stereocenters. The minimum Gasteiger partial charge on any atom is -0.462 e. The summed E-state index contributed by atoms with van der Waals surface area (Å²) in [4.78, 5) is 26.3. The summed E-state index contributed by atoms with van der Waals surface area (Å²) in [5.41, 5.74) is 0.0691. The molecule has 1 heterocycles. The number of benzene rings is 1. The van der Waals surface area contributed by atoms with Gasteiger partial charge in [-0.15, -0.1) is 0 Å². The molecule has 1 aromatic rings. The standard InChI is InChI=1S/C25H30F3NO3/c1-5-6-9-12-32-23(31)20-15(2)29-18-13-24(3,4)14-19(30)22(18)21(20)16-10-7-8-11-17(16)25(26,27)28/h7-8,10-11,21,29H,5-6,9,12-14H2,1-4H3. The Morgan fingerprint density at radius 3 is 2.53 bits per heavy atom. The second-order valence-electron chi connectivity index (χ2n) is 9.36. The Labute approximate surface area is 186 Å². The lowest BCUT2D eigenvalue weighted by Crippen LogP contribution is -2.39. The number of ether oxygens (including phenoxy) is 1. The average Bonchev–Trinajstić information content (AvgIpc) is 2.68. The number of alkyl halides is 3. The SMILES string of the molecule is CCCCCOC(=O)C1=C(C)NC2=C(C(=O)CC(C)(C)C2)C1c1ccccc1C(F)(F)F. The molecule has 0 spiro atoms. The van der Waals surface area contributed by atoms with Crippen LogP contribution in [0.5, 0.6) is 0 Å². The number of halogens is 3. The number of carbonyl (C=O) groups is 2. The summed E-state index contributed by atoms with van der Waals surface area (Å²) >= 11 is 0. The van der Waals surface area contributed by atoms with Gasteiger partial charge >= 0.3 is 12.1 Å². The van der Waals surface area contributed by atoms with Crippen LogP contribution in [0.3, 0.4) is 0 Å². The maximum absolute atomic E-state index is 13.9. The number of allylic oxidation sites excluding steroid dienone is 3. The monoisotopic (exact) mass is 449 g/mol. The van der Waals surface area contributed by atoms with Crippen molar-refractivity contribution in [3.8, 4) is 0 Å². The van der Waals surface area contributed by atoms with Crippen molar-refractivity contribution in [3.63, 3.8) is 0 Å². The molecule has 2 aliphatic rings. The molecule has 7 heteroatoms. The maximum atomic E-state index is 13.9. The van der Waals surface area contributed by atoms with E-state index >= 15 is 0 Å². The molecule has 0 saturated heterocycles. The van der Waals surface area contributed by atoms with Crippen LogP contribution < -0.4 is 5.32 Å². The van der Waals surface area contributed by atoms with E-state index in [1.807, 2.05) is 20.8 Å². The first-order valence-electron chi connectivity index (χ1n) is 11.0. The van der Waals surface area contributed by atoms with Crippen LogP contribution in [0.15, 0.2) is 46.8 Å². The Bertz CT molecular complexity index is 973. The van der Waals surface area contributed by atoms with Gasteiger partial charge in [0, 0.05) is 29.3 Å². The third-order valence-electron chi connectivity index (χ3n) is 6.02. The largest absolute Gasteiger partial charge is 0.462 e. The van der Waals surface area contributed by atoms with Crippen molar-refractivity contribution >= 4 is 11.8 Å². The zero-order valence-electron chi connectivity index (χ0n) is 19.0. The molecule has 1 aliphatic heterocycles.